The van der Waals surface area contributed by atoms with Gasteiger partial charge in [0.1, 0.15) is 11.6 Å². The molecule has 1 unspecified atom stereocenters. The van der Waals surface area contributed by atoms with Crippen LogP contribution in [0.2, 0.25) is 0 Å². The Morgan fingerprint density at radius 3 is 2.43 bits per heavy atom. The van der Waals surface area contributed by atoms with Gasteiger partial charge in [0.15, 0.2) is 0 Å². The van der Waals surface area contributed by atoms with E-state index in [9.17, 15) is 8.78 Å². The Balaban J connectivity index is 2.22. The fourth-order valence-electron chi connectivity index (χ4n) is 2.64. The van der Waals surface area contributed by atoms with E-state index < -0.39 is 17.7 Å². The number of fused-ring (bicyclic) bond motifs is 1. The molecule has 0 aromatic heterocycles. The van der Waals surface area contributed by atoms with Gasteiger partial charge >= 0.3 is 0 Å². The van der Waals surface area contributed by atoms with Crippen LogP contribution in [0, 0.1) is 18.6 Å². The van der Waals surface area contributed by atoms with Gasteiger partial charge in [-0.05, 0) is 34.9 Å². The average molecular weight is 283 g/mol. The van der Waals surface area contributed by atoms with Crippen LogP contribution in [0.3, 0.4) is 0 Å². The summed E-state index contributed by atoms with van der Waals surface area (Å²) in [7, 11) is 0. The van der Waals surface area contributed by atoms with Gasteiger partial charge in [-0.3, -0.25) is 0 Å². The molecule has 21 heavy (non-hydrogen) atoms. The van der Waals surface area contributed by atoms with E-state index >= 15 is 0 Å². The summed E-state index contributed by atoms with van der Waals surface area (Å²) in [6.45, 7) is 1.61. The minimum absolute atomic E-state index is 0.0775. The largest absolute Gasteiger partial charge is 0.320 e. The van der Waals surface area contributed by atoms with Gasteiger partial charge in [-0.1, -0.05) is 48.5 Å². The van der Waals surface area contributed by atoms with Crippen LogP contribution in [0.25, 0.3) is 10.8 Å². The molecule has 2 N–H and O–H groups in total. The van der Waals surface area contributed by atoms with E-state index in [1.54, 1.807) is 6.92 Å². The van der Waals surface area contributed by atoms with Crippen LogP contribution in [0.1, 0.15) is 22.7 Å². The first-order valence-corrected chi connectivity index (χ1v) is 6.77. The number of halogens is 2. The highest BCUT2D eigenvalue weighted by Gasteiger charge is 2.21. The fraction of sp³-hybridized carbons (Fsp3) is 0.111. The highest BCUT2D eigenvalue weighted by molar-refractivity contribution is 5.86. The van der Waals surface area contributed by atoms with Crippen molar-refractivity contribution in [2.24, 2.45) is 5.73 Å². The van der Waals surface area contributed by atoms with Gasteiger partial charge in [-0.15, -0.1) is 0 Å². The lowest BCUT2D eigenvalue weighted by Gasteiger charge is -2.17. The quantitative estimate of drug-likeness (QED) is 0.737. The van der Waals surface area contributed by atoms with Crippen molar-refractivity contribution in [2.45, 2.75) is 13.0 Å². The Morgan fingerprint density at radius 1 is 0.905 bits per heavy atom. The molecule has 0 heterocycles. The maximum Gasteiger partial charge on any atom is 0.134 e. The van der Waals surface area contributed by atoms with Crippen molar-refractivity contribution in [3.8, 4) is 0 Å². The number of hydrogen-bond donors (Lipinski definition) is 1. The first-order chi connectivity index (χ1) is 10.1. The van der Waals surface area contributed by atoms with Gasteiger partial charge in [-0.2, -0.15) is 0 Å². The number of aryl methyl sites for hydroxylation is 1. The fourth-order valence-corrected chi connectivity index (χ4v) is 2.64. The molecule has 0 bridgehead atoms. The maximum atomic E-state index is 14.3. The normalized spacial score (nSPS) is 12.6. The standard InChI is InChI=1S/C18H15F2N/c1-11-9-10-15(19)16(17(11)20)18(21)14-8-4-6-12-5-2-3-7-13(12)14/h2-10,18H,21H2,1H3. The van der Waals surface area contributed by atoms with Crippen molar-refractivity contribution in [1.29, 1.82) is 0 Å². The number of benzene rings is 3. The van der Waals surface area contributed by atoms with Gasteiger partial charge in [0, 0.05) is 5.56 Å². The summed E-state index contributed by atoms with van der Waals surface area (Å²) in [5.41, 5.74) is 7.21. The first-order valence-electron chi connectivity index (χ1n) is 6.77. The lowest BCUT2D eigenvalue weighted by atomic mass is 9.93. The van der Waals surface area contributed by atoms with Crippen molar-refractivity contribution in [1.82, 2.24) is 0 Å². The third-order valence-corrected chi connectivity index (χ3v) is 3.79. The Hall–Kier alpha value is -2.26. The molecule has 3 rings (SSSR count). The number of rotatable bonds is 2. The predicted octanol–water partition coefficient (Wildman–Crippen LogP) is 4.47. The van der Waals surface area contributed by atoms with Gasteiger partial charge in [0.2, 0.25) is 0 Å². The molecular weight excluding hydrogens is 268 g/mol. The minimum Gasteiger partial charge on any atom is -0.320 e. The summed E-state index contributed by atoms with van der Waals surface area (Å²) in [6, 6.07) is 15.1. The Morgan fingerprint density at radius 2 is 1.62 bits per heavy atom. The van der Waals surface area contributed by atoms with E-state index in [2.05, 4.69) is 0 Å². The van der Waals surface area contributed by atoms with E-state index in [1.807, 2.05) is 42.5 Å². The average Bonchev–Trinajstić information content (AvgIpc) is 2.50. The molecule has 0 spiro atoms. The zero-order valence-corrected chi connectivity index (χ0v) is 11.6. The molecule has 0 saturated carbocycles. The molecule has 1 nitrogen and oxygen atoms in total. The summed E-state index contributed by atoms with van der Waals surface area (Å²) in [4.78, 5) is 0. The lowest BCUT2D eigenvalue weighted by Crippen LogP contribution is -2.16. The molecule has 106 valence electrons. The van der Waals surface area contributed by atoms with E-state index in [4.69, 9.17) is 5.73 Å². The van der Waals surface area contributed by atoms with E-state index in [1.165, 1.54) is 12.1 Å². The van der Waals surface area contributed by atoms with E-state index in [-0.39, 0.29) is 5.56 Å². The summed E-state index contributed by atoms with van der Waals surface area (Å²) in [5, 5.41) is 1.91. The lowest BCUT2D eigenvalue weighted by molar-refractivity contribution is 0.539. The molecule has 0 aliphatic carbocycles. The monoisotopic (exact) mass is 283 g/mol. The molecule has 3 aromatic carbocycles. The SMILES string of the molecule is Cc1ccc(F)c(C(N)c2cccc3ccccc23)c1F. The second kappa shape index (κ2) is 5.26. The summed E-state index contributed by atoms with van der Waals surface area (Å²) in [6.07, 6.45) is 0. The van der Waals surface area contributed by atoms with Crippen molar-refractivity contribution < 1.29 is 8.78 Å². The smallest absolute Gasteiger partial charge is 0.134 e. The zero-order chi connectivity index (χ0) is 15.0. The van der Waals surface area contributed by atoms with Crippen molar-refractivity contribution >= 4 is 10.8 Å². The molecule has 0 aliphatic heterocycles. The van der Waals surface area contributed by atoms with Gasteiger partial charge in [-0.25, -0.2) is 8.78 Å². The van der Waals surface area contributed by atoms with E-state index in [0.717, 1.165) is 16.3 Å². The molecule has 0 fully saturated rings. The number of hydrogen-bond acceptors (Lipinski definition) is 1. The Labute approximate surface area is 122 Å². The first kappa shape index (κ1) is 13.7. The van der Waals surface area contributed by atoms with Crippen molar-refractivity contribution in [2.75, 3.05) is 0 Å². The maximum absolute atomic E-state index is 14.3. The third-order valence-electron chi connectivity index (χ3n) is 3.79. The van der Waals surface area contributed by atoms with Crippen LogP contribution in [0.4, 0.5) is 8.78 Å². The van der Waals surface area contributed by atoms with Crippen LogP contribution in [0.15, 0.2) is 54.6 Å². The molecule has 0 amide bonds. The van der Waals surface area contributed by atoms with E-state index in [0.29, 0.717) is 5.56 Å². The molecule has 3 heteroatoms. The molecule has 1 atom stereocenters. The van der Waals surface area contributed by atoms with Crippen LogP contribution in [-0.2, 0) is 0 Å². The Kier molecular flexibility index (Phi) is 3.43. The van der Waals surface area contributed by atoms with Crippen LogP contribution in [-0.4, -0.2) is 0 Å². The van der Waals surface area contributed by atoms with Gasteiger partial charge < -0.3 is 5.73 Å². The second-order valence-electron chi connectivity index (χ2n) is 5.14. The second-order valence-corrected chi connectivity index (χ2v) is 5.14. The topological polar surface area (TPSA) is 26.0 Å². The molecule has 3 aromatic rings. The highest BCUT2D eigenvalue weighted by atomic mass is 19.1. The predicted molar refractivity (Wildman–Crippen MR) is 81.1 cm³/mol. The number of nitrogens with two attached hydrogens (primary N) is 1. The molecule has 0 aliphatic rings. The summed E-state index contributed by atoms with van der Waals surface area (Å²) < 4.78 is 28.3. The Bertz CT molecular complexity index is 806. The molecular formula is C18H15F2N. The van der Waals surface area contributed by atoms with Crippen molar-refractivity contribution in [3.63, 3.8) is 0 Å². The van der Waals surface area contributed by atoms with Crippen LogP contribution in [0.5, 0.6) is 0 Å². The zero-order valence-electron chi connectivity index (χ0n) is 11.6. The van der Waals surface area contributed by atoms with Gasteiger partial charge in [0.05, 0.1) is 6.04 Å². The minimum atomic E-state index is -0.837. The summed E-state index contributed by atoms with van der Waals surface area (Å²) >= 11 is 0. The van der Waals surface area contributed by atoms with Gasteiger partial charge in [0.25, 0.3) is 0 Å². The van der Waals surface area contributed by atoms with Crippen LogP contribution < -0.4 is 5.73 Å². The third kappa shape index (κ3) is 2.30. The molecule has 0 saturated heterocycles. The highest BCUT2D eigenvalue weighted by Crippen LogP contribution is 2.31. The molecule has 0 radical (unpaired) electrons. The summed E-state index contributed by atoms with van der Waals surface area (Å²) in [5.74, 6) is -1.19. The van der Waals surface area contributed by atoms with Crippen LogP contribution >= 0.6 is 0 Å². The van der Waals surface area contributed by atoms with Crippen molar-refractivity contribution in [3.05, 3.63) is 82.9 Å².